The number of pyridine rings is 1. The number of methoxy groups -OCH3 is 1. The number of halogens is 1. The van der Waals surface area contributed by atoms with Gasteiger partial charge in [-0.1, -0.05) is 6.92 Å². The van der Waals surface area contributed by atoms with E-state index in [-0.39, 0.29) is 11.7 Å². The number of nitro groups is 1. The lowest BCUT2D eigenvalue weighted by Crippen LogP contribution is -2.59. The number of aromatic nitrogens is 3. The Kier molecular flexibility index (Phi) is 4.96. The van der Waals surface area contributed by atoms with Crippen LogP contribution in [0, 0.1) is 22.9 Å². The first-order valence-corrected chi connectivity index (χ1v) is 8.24. The maximum Gasteiger partial charge on any atom is 0.370 e. The summed E-state index contributed by atoms with van der Waals surface area (Å²) in [7, 11) is 1.26. The van der Waals surface area contributed by atoms with Crippen molar-refractivity contribution in [1.29, 1.82) is 0 Å². The summed E-state index contributed by atoms with van der Waals surface area (Å²) in [6.45, 7) is 3.49. The molecule has 2 atom stereocenters. The summed E-state index contributed by atoms with van der Waals surface area (Å²) in [5, 5.41) is 24.0. The van der Waals surface area contributed by atoms with Crippen molar-refractivity contribution in [3.8, 4) is 0 Å². The number of rotatable bonds is 5. The Hall–Kier alpha value is -3.54. The van der Waals surface area contributed by atoms with Gasteiger partial charge in [-0.15, -0.1) is 0 Å². The van der Waals surface area contributed by atoms with Crippen molar-refractivity contribution in [2.24, 2.45) is 10.7 Å². The van der Waals surface area contributed by atoms with Crippen LogP contribution in [0.4, 0.5) is 10.2 Å². The third-order valence-electron chi connectivity index (χ3n) is 4.24. The lowest BCUT2D eigenvalue weighted by atomic mass is 9.97. The fourth-order valence-electron chi connectivity index (χ4n) is 2.70. The first-order chi connectivity index (χ1) is 13.2. The molecule has 0 bridgehead atoms. The molecule has 2 aromatic rings. The highest BCUT2D eigenvalue weighted by Gasteiger charge is 2.44. The average molecular weight is 390 g/mol. The SMILES string of the molecule is COC1=NC(N)([C@@H](C)c2ccc(F)cn2)NC(Nc2cc(C)[nH]n2)=C1[N+](=O)[O-]. The second kappa shape index (κ2) is 7.23. The highest BCUT2D eigenvalue weighted by atomic mass is 19.1. The van der Waals surface area contributed by atoms with Gasteiger partial charge in [-0.25, -0.2) is 9.38 Å². The molecular weight excluding hydrogens is 371 g/mol. The minimum Gasteiger partial charge on any atom is -0.476 e. The van der Waals surface area contributed by atoms with Gasteiger partial charge in [0.15, 0.2) is 17.4 Å². The molecule has 0 fully saturated rings. The van der Waals surface area contributed by atoms with E-state index in [0.717, 1.165) is 11.9 Å². The molecule has 11 nitrogen and oxygen atoms in total. The highest BCUT2D eigenvalue weighted by molar-refractivity contribution is 5.93. The third kappa shape index (κ3) is 3.62. The van der Waals surface area contributed by atoms with E-state index in [9.17, 15) is 14.5 Å². The number of nitrogens with two attached hydrogens (primary N) is 1. The molecule has 1 aliphatic heterocycles. The van der Waals surface area contributed by atoms with E-state index in [1.54, 1.807) is 19.9 Å². The van der Waals surface area contributed by atoms with Crippen LogP contribution in [-0.2, 0) is 4.74 Å². The average Bonchev–Trinajstić information content (AvgIpc) is 3.05. The summed E-state index contributed by atoms with van der Waals surface area (Å²) in [5.41, 5.74) is 7.18. The number of nitrogens with zero attached hydrogens (tertiary/aromatic N) is 4. The monoisotopic (exact) mass is 390 g/mol. The maximum atomic E-state index is 13.2. The van der Waals surface area contributed by atoms with Gasteiger partial charge in [0.2, 0.25) is 0 Å². The van der Waals surface area contributed by atoms with Crippen LogP contribution >= 0.6 is 0 Å². The van der Waals surface area contributed by atoms with Crippen LogP contribution in [0.3, 0.4) is 0 Å². The molecule has 5 N–H and O–H groups in total. The standard InChI is InChI=1S/C16H19FN8O3/c1-8-6-12(24-23-8)20-14-13(25(26)27)15(28-3)22-16(18,21-14)9(2)11-5-4-10(17)7-19-11/h4-7,9,21H,18H2,1-3H3,(H2,20,23,24)/t9-,16?/m0/s1. The molecule has 0 aromatic carbocycles. The quantitative estimate of drug-likeness (QED) is 0.438. The second-order valence-corrected chi connectivity index (χ2v) is 6.24. The number of anilines is 1. The van der Waals surface area contributed by atoms with Crippen molar-refractivity contribution in [3.05, 3.63) is 63.2 Å². The van der Waals surface area contributed by atoms with Crippen molar-refractivity contribution in [1.82, 2.24) is 20.5 Å². The van der Waals surface area contributed by atoms with Crippen LogP contribution in [0.15, 0.2) is 40.9 Å². The predicted octanol–water partition coefficient (Wildman–Crippen LogP) is 1.17. The molecule has 0 spiro atoms. The predicted molar refractivity (Wildman–Crippen MR) is 98.1 cm³/mol. The van der Waals surface area contributed by atoms with Gasteiger partial charge < -0.3 is 15.4 Å². The fraction of sp³-hybridized carbons (Fsp3) is 0.312. The van der Waals surface area contributed by atoms with Gasteiger partial charge in [-0.2, -0.15) is 5.10 Å². The maximum absolute atomic E-state index is 13.2. The largest absolute Gasteiger partial charge is 0.476 e. The summed E-state index contributed by atoms with van der Waals surface area (Å²) >= 11 is 0. The Labute approximate surface area is 159 Å². The topological polar surface area (TPSA) is 156 Å². The van der Waals surface area contributed by atoms with Crippen LogP contribution < -0.4 is 16.4 Å². The summed E-state index contributed by atoms with van der Waals surface area (Å²) in [4.78, 5) is 19.2. The zero-order chi connectivity index (χ0) is 20.5. The van der Waals surface area contributed by atoms with Crippen LogP contribution in [-0.4, -0.2) is 38.9 Å². The number of aryl methyl sites for hydroxylation is 1. The molecule has 0 saturated heterocycles. The van der Waals surface area contributed by atoms with Gasteiger partial charge in [0.25, 0.3) is 5.90 Å². The number of aliphatic imine (C=N–C) groups is 1. The van der Waals surface area contributed by atoms with Gasteiger partial charge in [-0.05, 0) is 19.1 Å². The van der Waals surface area contributed by atoms with E-state index in [1.807, 2.05) is 0 Å². The summed E-state index contributed by atoms with van der Waals surface area (Å²) in [6.07, 6.45) is 1.06. The lowest BCUT2D eigenvalue weighted by molar-refractivity contribution is -0.418. The van der Waals surface area contributed by atoms with E-state index in [0.29, 0.717) is 11.5 Å². The van der Waals surface area contributed by atoms with Crippen molar-refractivity contribution in [2.75, 3.05) is 12.4 Å². The molecule has 1 aliphatic rings. The molecular formula is C16H19FN8O3. The second-order valence-electron chi connectivity index (χ2n) is 6.24. The van der Waals surface area contributed by atoms with E-state index in [4.69, 9.17) is 10.5 Å². The Morgan fingerprint density at radius 3 is 2.75 bits per heavy atom. The molecule has 1 unspecified atom stereocenters. The van der Waals surface area contributed by atoms with Crippen molar-refractivity contribution >= 4 is 11.7 Å². The van der Waals surface area contributed by atoms with E-state index in [2.05, 4.69) is 30.8 Å². The van der Waals surface area contributed by atoms with Gasteiger partial charge in [0.05, 0.1) is 24.1 Å². The van der Waals surface area contributed by atoms with Gasteiger partial charge in [0, 0.05) is 17.5 Å². The smallest absolute Gasteiger partial charge is 0.370 e. The Bertz CT molecular complexity index is 955. The third-order valence-corrected chi connectivity index (χ3v) is 4.24. The van der Waals surface area contributed by atoms with Gasteiger partial charge in [0.1, 0.15) is 5.82 Å². The van der Waals surface area contributed by atoms with Gasteiger partial charge in [-0.3, -0.25) is 25.9 Å². The van der Waals surface area contributed by atoms with Crippen LogP contribution in [0.5, 0.6) is 0 Å². The Balaban J connectivity index is 2.02. The van der Waals surface area contributed by atoms with Crippen molar-refractivity contribution in [2.45, 2.75) is 25.6 Å². The molecule has 12 heteroatoms. The zero-order valence-corrected chi connectivity index (χ0v) is 15.4. The minimum atomic E-state index is -1.55. The molecule has 3 heterocycles. The molecule has 28 heavy (non-hydrogen) atoms. The van der Waals surface area contributed by atoms with Crippen LogP contribution in [0.25, 0.3) is 0 Å². The number of hydrogen-bond donors (Lipinski definition) is 4. The summed E-state index contributed by atoms with van der Waals surface area (Å²) in [5.74, 6) is -2.61. The van der Waals surface area contributed by atoms with E-state index in [1.165, 1.54) is 19.2 Å². The normalized spacial score (nSPS) is 20.2. The number of nitrogens with one attached hydrogen (secondary N) is 3. The first kappa shape index (κ1) is 19.2. The molecule has 0 amide bonds. The molecule has 148 valence electrons. The molecule has 2 aromatic heterocycles. The Morgan fingerprint density at radius 1 is 1.46 bits per heavy atom. The number of ether oxygens (including phenoxy) is 1. The van der Waals surface area contributed by atoms with Crippen molar-refractivity contribution < 1.29 is 14.1 Å². The summed E-state index contributed by atoms with van der Waals surface area (Å²) in [6, 6.07) is 4.37. The van der Waals surface area contributed by atoms with E-state index >= 15 is 0 Å². The number of aromatic amines is 1. The molecule has 3 rings (SSSR count). The van der Waals surface area contributed by atoms with E-state index < -0.39 is 28.1 Å². The minimum absolute atomic E-state index is 0.0418. The lowest BCUT2D eigenvalue weighted by Gasteiger charge is -2.36. The summed E-state index contributed by atoms with van der Waals surface area (Å²) < 4.78 is 18.3. The molecule has 0 aliphatic carbocycles. The highest BCUT2D eigenvalue weighted by Crippen LogP contribution is 2.30. The zero-order valence-electron chi connectivity index (χ0n) is 15.4. The van der Waals surface area contributed by atoms with Crippen molar-refractivity contribution in [3.63, 3.8) is 0 Å². The fourth-order valence-corrected chi connectivity index (χ4v) is 2.70. The number of hydrogen-bond acceptors (Lipinski definition) is 9. The first-order valence-electron chi connectivity index (χ1n) is 8.24. The Morgan fingerprint density at radius 2 is 2.21 bits per heavy atom. The number of H-pyrrole nitrogens is 1. The van der Waals surface area contributed by atoms with Gasteiger partial charge >= 0.3 is 5.70 Å². The molecule has 0 saturated carbocycles. The van der Waals surface area contributed by atoms with Crippen LogP contribution in [0.2, 0.25) is 0 Å². The molecule has 0 radical (unpaired) electrons. The van der Waals surface area contributed by atoms with Crippen LogP contribution in [0.1, 0.15) is 24.2 Å².